The molecule has 3 heterocycles. The summed E-state index contributed by atoms with van der Waals surface area (Å²) < 4.78 is 30.7. The zero-order chi connectivity index (χ0) is 24.6. The van der Waals surface area contributed by atoms with Crippen LogP contribution in [0.4, 0.5) is 20.5 Å². The second-order valence-electron chi connectivity index (χ2n) is 8.84. The Kier molecular flexibility index (Phi) is 5.92. The van der Waals surface area contributed by atoms with Crippen molar-refractivity contribution in [1.82, 2.24) is 19.5 Å². The Bertz CT molecular complexity index is 1360. The third kappa shape index (κ3) is 4.58. The molecule has 2 aromatic carbocycles. The number of carbonyl (C=O) groups excluding carboxylic acids is 1. The quantitative estimate of drug-likeness (QED) is 0.382. The maximum atomic E-state index is 14.4. The van der Waals surface area contributed by atoms with Gasteiger partial charge in [0.1, 0.15) is 5.82 Å². The maximum Gasteiger partial charge on any atom is 0.270 e. The van der Waals surface area contributed by atoms with E-state index in [0.717, 1.165) is 31.3 Å². The van der Waals surface area contributed by atoms with Gasteiger partial charge in [0.15, 0.2) is 5.78 Å². The van der Waals surface area contributed by atoms with E-state index in [1.165, 1.54) is 13.0 Å². The summed E-state index contributed by atoms with van der Waals surface area (Å²) in [6.07, 6.45) is 5.07. The summed E-state index contributed by atoms with van der Waals surface area (Å²) >= 11 is 0. The second-order valence-corrected chi connectivity index (χ2v) is 8.84. The summed E-state index contributed by atoms with van der Waals surface area (Å²) in [5.41, 5.74) is 2.58. The van der Waals surface area contributed by atoms with E-state index in [2.05, 4.69) is 19.8 Å². The first-order valence-electron chi connectivity index (χ1n) is 11.5. The zero-order valence-electron chi connectivity index (χ0n) is 19.7. The molecule has 0 saturated carbocycles. The first kappa shape index (κ1) is 22.9. The van der Waals surface area contributed by atoms with Crippen molar-refractivity contribution in [2.75, 3.05) is 36.0 Å². The number of hydrogen-bond acceptors (Lipinski definition) is 6. The molecule has 35 heavy (non-hydrogen) atoms. The Morgan fingerprint density at radius 1 is 1.03 bits per heavy atom. The number of alkyl halides is 2. The Morgan fingerprint density at radius 3 is 2.46 bits per heavy atom. The highest BCUT2D eigenvalue weighted by molar-refractivity contribution is 5.97. The maximum absolute atomic E-state index is 14.4. The zero-order valence-corrected chi connectivity index (χ0v) is 19.7. The first-order chi connectivity index (χ1) is 16.8. The second kappa shape index (κ2) is 9.05. The van der Waals surface area contributed by atoms with Crippen molar-refractivity contribution in [3.8, 4) is 0 Å². The molecule has 0 bridgehead atoms. The molecule has 5 rings (SSSR count). The van der Waals surface area contributed by atoms with Crippen LogP contribution in [0.1, 0.15) is 35.3 Å². The minimum absolute atomic E-state index is 0.000581. The van der Waals surface area contributed by atoms with Crippen LogP contribution in [0.5, 0.6) is 0 Å². The smallest absolute Gasteiger partial charge is 0.270 e. The average Bonchev–Trinajstić information content (AvgIpc) is 3.22. The van der Waals surface area contributed by atoms with Gasteiger partial charge < -0.3 is 14.4 Å². The van der Waals surface area contributed by atoms with E-state index in [1.54, 1.807) is 48.9 Å². The van der Waals surface area contributed by atoms with Gasteiger partial charge in [-0.25, -0.2) is 18.7 Å². The number of rotatable bonds is 6. The van der Waals surface area contributed by atoms with E-state index in [4.69, 9.17) is 4.98 Å². The minimum Gasteiger partial charge on any atom is -0.352 e. The molecule has 9 heteroatoms. The Morgan fingerprint density at radius 2 is 1.77 bits per heavy atom. The van der Waals surface area contributed by atoms with Gasteiger partial charge in [-0.2, -0.15) is 0 Å². The van der Waals surface area contributed by atoms with E-state index < -0.39 is 5.92 Å². The van der Waals surface area contributed by atoms with Gasteiger partial charge >= 0.3 is 0 Å². The molecule has 0 atom stereocenters. The van der Waals surface area contributed by atoms with Gasteiger partial charge in [-0.1, -0.05) is 24.3 Å². The number of halogens is 2. The van der Waals surface area contributed by atoms with E-state index in [9.17, 15) is 13.6 Å². The molecule has 0 spiro atoms. The Labute approximate surface area is 202 Å². The molecule has 1 saturated heterocycles. The lowest BCUT2D eigenvalue weighted by atomic mass is 10.0. The highest BCUT2D eigenvalue weighted by atomic mass is 19.3. The number of ketones is 1. The van der Waals surface area contributed by atoms with Crippen molar-refractivity contribution in [3.05, 3.63) is 77.7 Å². The van der Waals surface area contributed by atoms with Crippen LogP contribution in [0.2, 0.25) is 0 Å². The lowest BCUT2D eigenvalue weighted by molar-refractivity contribution is 0.0165. The van der Waals surface area contributed by atoms with Crippen molar-refractivity contribution < 1.29 is 13.6 Å². The van der Waals surface area contributed by atoms with E-state index >= 15 is 0 Å². The normalized spacial score (nSPS) is 14.5. The summed E-state index contributed by atoms with van der Waals surface area (Å²) in [6.45, 7) is 5.51. The number of nitrogens with zero attached hydrogens (tertiary/aromatic N) is 6. The Balaban J connectivity index is 1.53. The monoisotopic (exact) mass is 476 g/mol. The molecular formula is C26H26F2N6O. The van der Waals surface area contributed by atoms with Crippen LogP contribution in [0, 0.1) is 0 Å². The van der Waals surface area contributed by atoms with Crippen molar-refractivity contribution in [1.29, 1.82) is 0 Å². The van der Waals surface area contributed by atoms with Gasteiger partial charge in [-0.15, -0.1) is 0 Å². The fraction of sp³-hybridized carbons (Fsp3) is 0.308. The molecule has 0 N–H and O–H groups in total. The van der Waals surface area contributed by atoms with Crippen molar-refractivity contribution in [3.63, 3.8) is 0 Å². The molecule has 0 radical (unpaired) electrons. The van der Waals surface area contributed by atoms with Crippen molar-refractivity contribution >= 4 is 28.6 Å². The van der Waals surface area contributed by atoms with Crippen LogP contribution in [-0.2, 0) is 12.5 Å². The molecule has 1 aliphatic rings. The van der Waals surface area contributed by atoms with Crippen LogP contribution in [-0.4, -0.2) is 51.5 Å². The standard InChI is InChI=1S/C26H26F2N6O/c1-18(35)19-7-8-23-22(15-19)31-25(33-13-11-32(12-14-33)24-16-29-9-10-30-24)34(23)17-20-5-3-4-6-21(20)26(2,27)28/h3-10,15-16H,11-14,17H2,1-2H3. The average molecular weight is 477 g/mol. The number of Topliss-reactive ketones (excluding diaryl/α,β-unsaturated/α-hetero) is 1. The number of fused-ring (bicyclic) bond motifs is 1. The topological polar surface area (TPSA) is 67.2 Å². The molecule has 0 unspecified atom stereocenters. The third-order valence-electron chi connectivity index (χ3n) is 6.39. The number of anilines is 2. The predicted octanol–water partition coefficient (Wildman–Crippen LogP) is 4.52. The SMILES string of the molecule is CC(=O)c1ccc2c(c1)nc(N1CCN(c3cnccn3)CC1)n2Cc1ccccc1C(C)(F)F. The molecule has 0 aliphatic carbocycles. The molecule has 7 nitrogen and oxygen atoms in total. The predicted molar refractivity (Wildman–Crippen MR) is 131 cm³/mol. The van der Waals surface area contributed by atoms with Gasteiger partial charge in [-0.3, -0.25) is 9.78 Å². The van der Waals surface area contributed by atoms with Gasteiger partial charge in [0, 0.05) is 56.6 Å². The molecule has 1 aliphatic heterocycles. The van der Waals surface area contributed by atoms with Gasteiger partial charge in [0.05, 0.1) is 23.8 Å². The first-order valence-corrected chi connectivity index (χ1v) is 11.5. The fourth-order valence-electron chi connectivity index (χ4n) is 4.58. The lowest BCUT2D eigenvalue weighted by Crippen LogP contribution is -2.47. The van der Waals surface area contributed by atoms with Crippen molar-refractivity contribution in [2.24, 2.45) is 0 Å². The largest absolute Gasteiger partial charge is 0.352 e. The summed E-state index contributed by atoms with van der Waals surface area (Å²) in [5.74, 6) is -1.48. The summed E-state index contributed by atoms with van der Waals surface area (Å²) in [6, 6.07) is 12.0. The van der Waals surface area contributed by atoms with E-state index in [1.807, 2.05) is 10.6 Å². The van der Waals surface area contributed by atoms with Gasteiger partial charge in [0.25, 0.3) is 5.92 Å². The number of hydrogen-bond donors (Lipinski definition) is 0. The van der Waals surface area contributed by atoms with Crippen molar-refractivity contribution in [2.45, 2.75) is 26.3 Å². The lowest BCUT2D eigenvalue weighted by Gasteiger charge is -2.36. The molecule has 0 amide bonds. The molecule has 180 valence electrons. The van der Waals surface area contributed by atoms with E-state index in [-0.39, 0.29) is 17.9 Å². The minimum atomic E-state index is -2.96. The molecular weight excluding hydrogens is 450 g/mol. The van der Waals surface area contributed by atoms with E-state index in [0.29, 0.717) is 35.7 Å². The number of carbonyl (C=O) groups is 1. The Hall–Kier alpha value is -3.88. The highest BCUT2D eigenvalue weighted by Crippen LogP contribution is 2.32. The number of benzene rings is 2. The fourth-order valence-corrected chi connectivity index (χ4v) is 4.58. The molecule has 1 fully saturated rings. The highest BCUT2D eigenvalue weighted by Gasteiger charge is 2.29. The number of aromatic nitrogens is 4. The number of piperazine rings is 1. The summed E-state index contributed by atoms with van der Waals surface area (Å²) in [7, 11) is 0. The molecule has 4 aromatic rings. The van der Waals surface area contributed by atoms with Crippen LogP contribution in [0.15, 0.2) is 61.1 Å². The summed E-state index contributed by atoms with van der Waals surface area (Å²) in [5, 5.41) is 0. The number of imidazole rings is 1. The third-order valence-corrected chi connectivity index (χ3v) is 6.39. The van der Waals surface area contributed by atoms with Crippen LogP contribution < -0.4 is 9.80 Å². The van der Waals surface area contributed by atoms with Crippen LogP contribution >= 0.6 is 0 Å². The van der Waals surface area contributed by atoms with Gasteiger partial charge in [-0.05, 0) is 30.7 Å². The van der Waals surface area contributed by atoms with Crippen LogP contribution in [0.3, 0.4) is 0 Å². The summed E-state index contributed by atoms with van der Waals surface area (Å²) in [4.78, 5) is 29.7. The molecule has 2 aromatic heterocycles. The van der Waals surface area contributed by atoms with Gasteiger partial charge in [0.2, 0.25) is 5.95 Å². The van der Waals surface area contributed by atoms with Crippen LogP contribution in [0.25, 0.3) is 11.0 Å².